The summed E-state index contributed by atoms with van der Waals surface area (Å²) in [4.78, 5) is 12.0. The van der Waals surface area contributed by atoms with Gasteiger partial charge < -0.3 is 11.1 Å². The number of hydrogen-bond donors (Lipinski definition) is 2. The van der Waals surface area contributed by atoms with Crippen LogP contribution in [0.2, 0.25) is 0 Å². The van der Waals surface area contributed by atoms with E-state index in [9.17, 15) is 9.18 Å². The molecule has 0 saturated carbocycles. The van der Waals surface area contributed by atoms with Gasteiger partial charge in [0.1, 0.15) is 15.7 Å². The highest BCUT2D eigenvalue weighted by molar-refractivity contribution is 7.80. The molecule has 0 aliphatic carbocycles. The van der Waals surface area contributed by atoms with Crippen LogP contribution in [0.25, 0.3) is 0 Å². The summed E-state index contributed by atoms with van der Waals surface area (Å²) in [6.45, 7) is 0. The van der Waals surface area contributed by atoms with Crippen molar-refractivity contribution in [3.05, 3.63) is 40.7 Å². The molecule has 18 heavy (non-hydrogen) atoms. The Hall–Kier alpha value is -1.93. The summed E-state index contributed by atoms with van der Waals surface area (Å²) in [7, 11) is 0. The predicted octanol–water partition coefficient (Wildman–Crippen LogP) is 1.56. The van der Waals surface area contributed by atoms with Gasteiger partial charge in [0.25, 0.3) is 5.91 Å². The number of carbonyl (C=O) groups is 1. The maximum atomic E-state index is 13.6. The molecule has 1 heterocycles. The first-order valence-corrected chi connectivity index (χ1v) is 5.95. The van der Waals surface area contributed by atoms with Gasteiger partial charge in [0.15, 0.2) is 0 Å². The van der Waals surface area contributed by atoms with E-state index in [1.807, 2.05) is 0 Å². The normalized spacial score (nSPS) is 10.1. The Labute approximate surface area is 111 Å². The Morgan fingerprint density at radius 2 is 2.28 bits per heavy atom. The zero-order valence-electron chi connectivity index (χ0n) is 8.88. The summed E-state index contributed by atoms with van der Waals surface area (Å²) in [5.41, 5.74) is 5.66. The molecule has 2 rings (SSSR count). The number of carbonyl (C=O) groups excluding carboxylic acids is 1. The van der Waals surface area contributed by atoms with Gasteiger partial charge in [-0.2, -0.15) is 0 Å². The number of aromatic nitrogens is 2. The number of amides is 1. The first kappa shape index (κ1) is 12.5. The minimum absolute atomic E-state index is 0.0123. The lowest BCUT2D eigenvalue weighted by Gasteiger charge is -2.09. The number of benzene rings is 1. The summed E-state index contributed by atoms with van der Waals surface area (Å²) >= 11 is 5.69. The van der Waals surface area contributed by atoms with Gasteiger partial charge >= 0.3 is 0 Å². The largest absolute Gasteiger partial charge is 0.389 e. The number of nitrogens with zero attached hydrogens (tertiary/aromatic N) is 2. The van der Waals surface area contributed by atoms with Crippen molar-refractivity contribution in [1.29, 1.82) is 0 Å². The van der Waals surface area contributed by atoms with Crippen LogP contribution in [0.1, 0.15) is 15.2 Å². The number of nitrogens with two attached hydrogens (primary N) is 1. The second-order valence-electron chi connectivity index (χ2n) is 3.26. The zero-order chi connectivity index (χ0) is 13.1. The third kappa shape index (κ3) is 2.49. The second kappa shape index (κ2) is 5.15. The van der Waals surface area contributed by atoms with E-state index in [1.165, 1.54) is 24.4 Å². The molecular weight excluding hydrogens is 275 g/mol. The van der Waals surface area contributed by atoms with Crippen LogP contribution >= 0.6 is 23.8 Å². The molecule has 0 bridgehead atoms. The number of anilines is 1. The Bertz CT molecular complexity index is 600. The zero-order valence-corrected chi connectivity index (χ0v) is 10.5. The molecule has 0 fully saturated rings. The summed E-state index contributed by atoms with van der Waals surface area (Å²) < 4.78 is 17.1. The van der Waals surface area contributed by atoms with Gasteiger partial charge in [0.2, 0.25) is 0 Å². The fourth-order valence-corrected chi connectivity index (χ4v) is 1.95. The molecule has 8 heteroatoms. The lowest BCUT2D eigenvalue weighted by Crippen LogP contribution is -2.18. The third-order valence-electron chi connectivity index (χ3n) is 2.09. The van der Waals surface area contributed by atoms with Crippen molar-refractivity contribution in [2.75, 3.05) is 5.32 Å². The minimum atomic E-state index is -0.581. The van der Waals surface area contributed by atoms with Crippen LogP contribution in [0.3, 0.4) is 0 Å². The maximum Gasteiger partial charge on any atom is 0.269 e. The Morgan fingerprint density at radius 3 is 2.89 bits per heavy atom. The van der Waals surface area contributed by atoms with Gasteiger partial charge in [-0.05, 0) is 23.7 Å². The number of rotatable bonds is 3. The van der Waals surface area contributed by atoms with E-state index in [0.29, 0.717) is 4.88 Å². The van der Waals surface area contributed by atoms with Crippen molar-refractivity contribution in [1.82, 2.24) is 9.59 Å². The first-order chi connectivity index (χ1) is 8.59. The molecule has 0 radical (unpaired) electrons. The molecule has 0 saturated heterocycles. The fraction of sp³-hybridized carbons (Fsp3) is 0. The average molecular weight is 282 g/mol. The minimum Gasteiger partial charge on any atom is -0.389 e. The topological polar surface area (TPSA) is 80.9 Å². The van der Waals surface area contributed by atoms with E-state index in [-0.39, 0.29) is 16.2 Å². The molecule has 1 aromatic heterocycles. The Kier molecular flexibility index (Phi) is 3.58. The summed E-state index contributed by atoms with van der Waals surface area (Å²) in [6.07, 6.45) is 1.32. The van der Waals surface area contributed by atoms with Gasteiger partial charge in [-0.3, -0.25) is 4.79 Å². The monoisotopic (exact) mass is 282 g/mol. The van der Waals surface area contributed by atoms with E-state index < -0.39 is 11.7 Å². The van der Waals surface area contributed by atoms with Crippen LogP contribution in [0.15, 0.2) is 24.4 Å². The predicted molar refractivity (Wildman–Crippen MR) is 70.1 cm³/mol. The van der Waals surface area contributed by atoms with Gasteiger partial charge in [-0.1, -0.05) is 22.8 Å². The van der Waals surface area contributed by atoms with Crippen molar-refractivity contribution < 1.29 is 9.18 Å². The van der Waals surface area contributed by atoms with Crippen molar-refractivity contribution in [2.24, 2.45) is 5.73 Å². The molecule has 0 spiro atoms. The quantitative estimate of drug-likeness (QED) is 0.835. The molecular formula is C10H7FN4OS2. The van der Waals surface area contributed by atoms with E-state index in [0.717, 1.165) is 11.5 Å². The molecule has 1 aromatic carbocycles. The molecule has 0 atom stereocenters. The van der Waals surface area contributed by atoms with Gasteiger partial charge in [-0.25, -0.2) is 4.39 Å². The summed E-state index contributed by atoms with van der Waals surface area (Å²) in [5.74, 6) is -1.02. The Morgan fingerprint density at radius 1 is 1.50 bits per heavy atom. The molecule has 0 unspecified atom stereocenters. The fourth-order valence-electron chi connectivity index (χ4n) is 1.33. The highest BCUT2D eigenvalue weighted by Crippen LogP contribution is 2.20. The lowest BCUT2D eigenvalue weighted by atomic mass is 10.1. The highest BCUT2D eigenvalue weighted by atomic mass is 32.1. The number of hydrogen-bond acceptors (Lipinski definition) is 5. The molecule has 2 aromatic rings. The molecule has 92 valence electrons. The van der Waals surface area contributed by atoms with Crippen LogP contribution in [-0.4, -0.2) is 20.5 Å². The maximum absolute atomic E-state index is 13.6. The van der Waals surface area contributed by atoms with E-state index in [4.69, 9.17) is 18.0 Å². The van der Waals surface area contributed by atoms with Gasteiger partial charge in [-0.15, -0.1) is 5.10 Å². The van der Waals surface area contributed by atoms with E-state index in [1.54, 1.807) is 0 Å². The molecule has 1 amide bonds. The van der Waals surface area contributed by atoms with Crippen LogP contribution in [-0.2, 0) is 0 Å². The highest BCUT2D eigenvalue weighted by Gasteiger charge is 2.15. The summed E-state index contributed by atoms with van der Waals surface area (Å²) in [5, 5.41) is 6.06. The number of thiocarbonyl (C=S) groups is 1. The second-order valence-corrected chi connectivity index (χ2v) is 4.49. The molecule has 0 aliphatic rings. The van der Waals surface area contributed by atoms with Gasteiger partial charge in [0, 0.05) is 0 Å². The molecule has 3 N–H and O–H groups in total. The molecule has 0 aliphatic heterocycles. The van der Waals surface area contributed by atoms with Crippen LogP contribution in [0.4, 0.5) is 10.1 Å². The van der Waals surface area contributed by atoms with Crippen LogP contribution in [0, 0.1) is 5.82 Å². The van der Waals surface area contributed by atoms with E-state index >= 15 is 0 Å². The number of halogens is 1. The van der Waals surface area contributed by atoms with Crippen LogP contribution < -0.4 is 11.1 Å². The van der Waals surface area contributed by atoms with Crippen LogP contribution in [0.5, 0.6) is 0 Å². The lowest BCUT2D eigenvalue weighted by molar-refractivity contribution is 0.103. The van der Waals surface area contributed by atoms with Crippen molar-refractivity contribution >= 4 is 40.3 Å². The number of nitrogens with one attached hydrogen (secondary N) is 1. The third-order valence-corrected chi connectivity index (χ3v) is 2.96. The van der Waals surface area contributed by atoms with Crippen molar-refractivity contribution in [3.63, 3.8) is 0 Å². The average Bonchev–Trinajstić information content (AvgIpc) is 2.81. The smallest absolute Gasteiger partial charge is 0.269 e. The first-order valence-electron chi connectivity index (χ1n) is 4.76. The van der Waals surface area contributed by atoms with Crippen molar-refractivity contribution in [2.45, 2.75) is 0 Å². The Balaban J connectivity index is 2.32. The SMILES string of the molecule is NC(=S)c1c(F)cccc1NC(=O)c1cnns1. The summed E-state index contributed by atoms with van der Waals surface area (Å²) in [6, 6.07) is 4.19. The van der Waals surface area contributed by atoms with Crippen molar-refractivity contribution in [3.8, 4) is 0 Å². The van der Waals surface area contributed by atoms with Gasteiger partial charge in [0.05, 0.1) is 17.4 Å². The molecule has 5 nitrogen and oxygen atoms in total. The van der Waals surface area contributed by atoms with E-state index in [2.05, 4.69) is 14.9 Å². The standard InChI is InChI=1S/C10H7FN4OS2/c11-5-2-1-3-6(8(5)9(12)17)14-10(16)7-4-13-15-18-7/h1-4H,(H2,12,17)(H,14,16).